The van der Waals surface area contributed by atoms with Gasteiger partial charge in [-0.15, -0.1) is 0 Å². The zero-order valence-corrected chi connectivity index (χ0v) is 10.5. The van der Waals surface area contributed by atoms with Crippen molar-refractivity contribution in [2.75, 3.05) is 0 Å². The maximum Gasteiger partial charge on any atom is 0.123 e. The molecule has 0 spiro atoms. The summed E-state index contributed by atoms with van der Waals surface area (Å²) >= 11 is 0. The Morgan fingerprint density at radius 1 is 1.22 bits per heavy atom. The molecule has 0 atom stereocenters. The van der Waals surface area contributed by atoms with Crippen LogP contribution in [0.4, 0.5) is 4.39 Å². The van der Waals surface area contributed by atoms with Crippen LogP contribution in [0.3, 0.4) is 0 Å². The normalized spacial score (nSPS) is 18.4. The predicted molar refractivity (Wildman–Crippen MR) is 70.8 cm³/mol. The molecule has 1 aliphatic carbocycles. The smallest absolute Gasteiger partial charge is 0.123 e. The summed E-state index contributed by atoms with van der Waals surface area (Å²) in [5, 5.41) is 0.866. The molecule has 3 heteroatoms. The average molecular weight is 244 g/mol. The van der Waals surface area contributed by atoms with Crippen molar-refractivity contribution < 1.29 is 4.39 Å². The van der Waals surface area contributed by atoms with Gasteiger partial charge in [-0.05, 0) is 49.6 Å². The Balaban J connectivity index is 2.29. The molecule has 1 aromatic heterocycles. The fourth-order valence-corrected chi connectivity index (χ4v) is 3.02. The van der Waals surface area contributed by atoms with Gasteiger partial charge in [0.25, 0.3) is 0 Å². The summed E-state index contributed by atoms with van der Waals surface area (Å²) in [6, 6.07) is 6.77. The van der Waals surface area contributed by atoms with Crippen LogP contribution in [0, 0.1) is 12.7 Å². The van der Waals surface area contributed by atoms with E-state index in [-0.39, 0.29) is 11.4 Å². The minimum Gasteiger partial charge on any atom is -0.321 e. The van der Waals surface area contributed by atoms with E-state index in [2.05, 4.69) is 4.98 Å². The van der Waals surface area contributed by atoms with Crippen molar-refractivity contribution in [1.82, 2.24) is 4.98 Å². The molecule has 1 aliphatic rings. The average Bonchev–Trinajstić information content (AvgIpc) is 2.77. The molecule has 94 valence electrons. The molecule has 18 heavy (non-hydrogen) atoms. The number of aromatic nitrogens is 1. The highest BCUT2D eigenvalue weighted by atomic mass is 19.1. The molecule has 0 aliphatic heterocycles. The number of aryl methyl sites for hydroxylation is 1. The zero-order chi connectivity index (χ0) is 12.8. The van der Waals surface area contributed by atoms with Crippen molar-refractivity contribution in [3.8, 4) is 0 Å². The van der Waals surface area contributed by atoms with Gasteiger partial charge in [-0.25, -0.2) is 4.39 Å². The van der Waals surface area contributed by atoms with Gasteiger partial charge in [0.1, 0.15) is 5.82 Å². The van der Waals surface area contributed by atoms with Gasteiger partial charge in [-0.3, -0.25) is 4.98 Å². The lowest BCUT2D eigenvalue weighted by molar-refractivity contribution is 0.465. The minimum absolute atomic E-state index is 0.226. The van der Waals surface area contributed by atoms with Gasteiger partial charge in [0.05, 0.1) is 5.52 Å². The lowest BCUT2D eigenvalue weighted by Crippen LogP contribution is -2.33. The number of pyridine rings is 1. The molecule has 2 nitrogen and oxygen atoms in total. The van der Waals surface area contributed by atoms with Gasteiger partial charge in [0, 0.05) is 16.6 Å². The van der Waals surface area contributed by atoms with Gasteiger partial charge in [-0.1, -0.05) is 12.8 Å². The number of hydrogen-bond acceptors (Lipinski definition) is 2. The fourth-order valence-electron chi connectivity index (χ4n) is 3.02. The molecule has 1 heterocycles. The Labute approximate surface area is 106 Å². The zero-order valence-electron chi connectivity index (χ0n) is 10.5. The molecule has 2 N–H and O–H groups in total. The molecule has 1 saturated carbocycles. The first-order valence-electron chi connectivity index (χ1n) is 6.45. The maximum atomic E-state index is 13.5. The van der Waals surface area contributed by atoms with E-state index < -0.39 is 0 Å². The summed E-state index contributed by atoms with van der Waals surface area (Å²) in [5.41, 5.74) is 9.05. The van der Waals surface area contributed by atoms with Crippen LogP contribution in [0.2, 0.25) is 0 Å². The summed E-state index contributed by atoms with van der Waals surface area (Å²) in [6.07, 6.45) is 4.24. The summed E-state index contributed by atoms with van der Waals surface area (Å²) in [5.74, 6) is -0.226. The Kier molecular flexibility index (Phi) is 2.59. The molecule has 2 aromatic rings. The van der Waals surface area contributed by atoms with Crippen molar-refractivity contribution >= 4 is 10.9 Å². The van der Waals surface area contributed by atoms with Crippen molar-refractivity contribution in [3.63, 3.8) is 0 Å². The fraction of sp³-hybridized carbons (Fsp3) is 0.400. The summed E-state index contributed by atoms with van der Waals surface area (Å²) in [6.45, 7) is 1.96. The third kappa shape index (κ3) is 1.79. The van der Waals surface area contributed by atoms with Crippen LogP contribution in [0.25, 0.3) is 10.9 Å². The molecular weight excluding hydrogens is 227 g/mol. The molecule has 1 aromatic carbocycles. The molecule has 0 bridgehead atoms. The van der Waals surface area contributed by atoms with E-state index in [4.69, 9.17) is 5.73 Å². The van der Waals surface area contributed by atoms with Crippen LogP contribution < -0.4 is 5.73 Å². The van der Waals surface area contributed by atoms with Crippen molar-refractivity contribution in [1.29, 1.82) is 0 Å². The number of hydrogen-bond donors (Lipinski definition) is 1. The molecule has 0 saturated heterocycles. The van der Waals surface area contributed by atoms with E-state index in [1.165, 1.54) is 6.07 Å². The SMILES string of the molecule is Cc1cc(C2(N)CCCC2)c2cc(F)ccc2n1. The van der Waals surface area contributed by atoms with E-state index >= 15 is 0 Å². The number of nitrogens with zero attached hydrogens (tertiary/aromatic N) is 1. The first-order valence-corrected chi connectivity index (χ1v) is 6.45. The Morgan fingerprint density at radius 2 is 1.94 bits per heavy atom. The van der Waals surface area contributed by atoms with Gasteiger partial charge in [0.15, 0.2) is 0 Å². The second kappa shape index (κ2) is 4.02. The van der Waals surface area contributed by atoms with Crippen LogP contribution in [0.1, 0.15) is 36.9 Å². The number of nitrogens with two attached hydrogens (primary N) is 1. The lowest BCUT2D eigenvalue weighted by Gasteiger charge is -2.26. The van der Waals surface area contributed by atoms with Gasteiger partial charge in [0.2, 0.25) is 0 Å². The first kappa shape index (κ1) is 11.6. The number of benzene rings is 1. The quantitative estimate of drug-likeness (QED) is 0.835. The standard InChI is InChI=1S/C15H17FN2/c1-10-8-13(15(17)6-2-3-7-15)12-9-11(16)4-5-14(12)18-10/h4-5,8-9H,2-3,6-7,17H2,1H3. The largest absolute Gasteiger partial charge is 0.321 e. The van der Waals surface area contributed by atoms with Crippen molar-refractivity contribution in [3.05, 3.63) is 41.3 Å². The number of halogens is 1. The Bertz CT molecular complexity index is 601. The molecule has 1 fully saturated rings. The molecule has 0 amide bonds. The van der Waals surface area contributed by atoms with Crippen LogP contribution in [0.5, 0.6) is 0 Å². The van der Waals surface area contributed by atoms with Crippen molar-refractivity contribution in [2.45, 2.75) is 38.1 Å². The third-order valence-electron chi connectivity index (χ3n) is 3.93. The van der Waals surface area contributed by atoms with Crippen LogP contribution in [-0.2, 0) is 5.54 Å². The van der Waals surface area contributed by atoms with Crippen LogP contribution >= 0.6 is 0 Å². The highest BCUT2D eigenvalue weighted by molar-refractivity contribution is 5.83. The Hall–Kier alpha value is -1.48. The van der Waals surface area contributed by atoms with Gasteiger partial charge >= 0.3 is 0 Å². The Morgan fingerprint density at radius 3 is 2.67 bits per heavy atom. The maximum absolute atomic E-state index is 13.5. The van der Waals surface area contributed by atoms with E-state index in [9.17, 15) is 4.39 Å². The van der Waals surface area contributed by atoms with E-state index in [0.29, 0.717) is 0 Å². The second-order valence-corrected chi connectivity index (χ2v) is 5.34. The van der Waals surface area contributed by atoms with Crippen LogP contribution in [0.15, 0.2) is 24.3 Å². The van der Waals surface area contributed by atoms with E-state index in [1.54, 1.807) is 12.1 Å². The van der Waals surface area contributed by atoms with E-state index in [0.717, 1.165) is 47.8 Å². The van der Waals surface area contributed by atoms with Crippen molar-refractivity contribution in [2.24, 2.45) is 5.73 Å². The van der Waals surface area contributed by atoms with Gasteiger partial charge in [-0.2, -0.15) is 0 Å². The first-order chi connectivity index (χ1) is 8.58. The summed E-state index contributed by atoms with van der Waals surface area (Å²) in [4.78, 5) is 4.46. The highest BCUT2D eigenvalue weighted by Gasteiger charge is 2.33. The molecular formula is C15H17FN2. The molecule has 0 unspecified atom stereocenters. The predicted octanol–water partition coefficient (Wildman–Crippen LogP) is 3.41. The third-order valence-corrected chi connectivity index (χ3v) is 3.93. The highest BCUT2D eigenvalue weighted by Crippen LogP contribution is 2.39. The van der Waals surface area contributed by atoms with Crippen LogP contribution in [-0.4, -0.2) is 4.98 Å². The molecule has 0 radical (unpaired) electrons. The monoisotopic (exact) mass is 244 g/mol. The minimum atomic E-state index is -0.306. The lowest BCUT2D eigenvalue weighted by atomic mass is 9.86. The van der Waals surface area contributed by atoms with Gasteiger partial charge < -0.3 is 5.73 Å². The summed E-state index contributed by atoms with van der Waals surface area (Å²) < 4.78 is 13.5. The number of rotatable bonds is 1. The van der Waals surface area contributed by atoms with E-state index in [1.807, 2.05) is 13.0 Å². The molecule has 3 rings (SSSR count). The topological polar surface area (TPSA) is 38.9 Å². The second-order valence-electron chi connectivity index (χ2n) is 5.34. The number of fused-ring (bicyclic) bond motifs is 1. The summed E-state index contributed by atoms with van der Waals surface area (Å²) in [7, 11) is 0.